The normalized spacial score (nSPS) is 12.3. The van der Waals surface area contributed by atoms with Gasteiger partial charge in [0, 0.05) is 5.39 Å². The second kappa shape index (κ2) is 4.56. The summed E-state index contributed by atoms with van der Waals surface area (Å²) in [5.41, 5.74) is 2.32. The van der Waals surface area contributed by atoms with Crippen LogP contribution in [0.3, 0.4) is 0 Å². The maximum absolute atomic E-state index is 6.35. The Hall–Kier alpha value is 0.140. The Kier molecular flexibility index (Phi) is 3.53. The zero-order valence-corrected chi connectivity index (χ0v) is 12.4. The summed E-state index contributed by atoms with van der Waals surface area (Å²) in [6.45, 7) is 4.30. The number of benzene rings is 1. The first-order valence-electron chi connectivity index (χ1n) is 4.68. The Morgan fingerprint density at radius 1 is 1.47 bits per heavy atom. The molecule has 1 aromatic carbocycles. The van der Waals surface area contributed by atoms with E-state index in [4.69, 9.17) is 11.6 Å². The third-order valence-corrected chi connectivity index (χ3v) is 4.73. The molecule has 2 aromatic rings. The van der Waals surface area contributed by atoms with Gasteiger partial charge in [-0.3, -0.25) is 0 Å². The van der Waals surface area contributed by atoms with Gasteiger partial charge in [0.25, 0.3) is 0 Å². The molecule has 1 atom stereocenters. The van der Waals surface area contributed by atoms with Gasteiger partial charge in [-0.15, -0.1) is 0 Å². The molecule has 0 radical (unpaired) electrons. The molecule has 5 heteroatoms. The smallest absolute Gasteiger partial charge is 0.0744 e. The minimum absolute atomic E-state index is 0.451. The van der Waals surface area contributed by atoms with Gasteiger partial charge in [0.05, 0.1) is 23.1 Å². The topological polar surface area (TPSA) is 17.8 Å². The maximum atomic E-state index is 6.35. The molecule has 1 unspecified atom stereocenters. The molecule has 15 heavy (non-hydrogen) atoms. The summed E-state index contributed by atoms with van der Waals surface area (Å²) >= 11 is 8.67. The van der Waals surface area contributed by atoms with Gasteiger partial charge >= 0.3 is 0 Å². The highest BCUT2D eigenvalue weighted by Crippen LogP contribution is 2.35. The Bertz CT molecular complexity index is 495. The monoisotopic (exact) mass is 352 g/mol. The van der Waals surface area contributed by atoms with E-state index >= 15 is 0 Å². The van der Waals surface area contributed by atoms with Gasteiger partial charge in [-0.2, -0.15) is 5.10 Å². The van der Waals surface area contributed by atoms with Gasteiger partial charge in [0.2, 0.25) is 0 Å². The van der Waals surface area contributed by atoms with Gasteiger partial charge in [-0.25, -0.2) is 4.45 Å². The predicted octanol–water partition coefficient (Wildman–Crippen LogP) is 4.60. The van der Waals surface area contributed by atoms with E-state index in [-0.39, 0.29) is 0 Å². The molecule has 0 saturated carbocycles. The number of hydrogen-bond acceptors (Lipinski definition) is 1. The van der Waals surface area contributed by atoms with Gasteiger partial charge in [-0.05, 0) is 39.6 Å². The molecule has 0 bridgehead atoms. The molecule has 0 fully saturated rings. The second-order valence-electron chi connectivity index (χ2n) is 3.70. The fourth-order valence-corrected chi connectivity index (χ4v) is 3.57. The number of nitrogens with zero attached hydrogens (tertiary/aromatic N) is 2. The van der Waals surface area contributed by atoms with Crippen molar-refractivity contribution in [1.82, 2.24) is 9.55 Å². The van der Waals surface area contributed by atoms with Crippen molar-refractivity contribution in [3.63, 3.8) is 0 Å². The van der Waals surface area contributed by atoms with Crippen LogP contribution in [0.1, 0.15) is 25.3 Å². The Morgan fingerprint density at radius 2 is 2.20 bits per heavy atom. The highest BCUT2D eigenvalue weighted by atomic mass is 127. The van der Waals surface area contributed by atoms with Crippen molar-refractivity contribution >= 4 is 50.9 Å². The zero-order valence-electron chi connectivity index (χ0n) is 8.46. The minimum atomic E-state index is 0.451. The number of halogens is 2. The fourth-order valence-electron chi connectivity index (χ4n) is 1.60. The van der Waals surface area contributed by atoms with E-state index in [0.717, 1.165) is 15.9 Å². The molecular weight excluding hydrogens is 341 g/mol. The van der Waals surface area contributed by atoms with E-state index in [1.165, 1.54) is 5.56 Å². The standard InChI is InChI=1S/C10H11ClIN2P/c1-6(2)7-3-4-9-8(10(7)11)5-13-14(9)15-12/h3-6,15H,1-2H3. The third kappa shape index (κ3) is 2.02. The van der Waals surface area contributed by atoms with Crippen LogP contribution in [0.4, 0.5) is 0 Å². The lowest BCUT2D eigenvalue weighted by Gasteiger charge is -2.08. The molecule has 0 saturated heterocycles. The van der Waals surface area contributed by atoms with Crippen LogP contribution in [-0.2, 0) is 0 Å². The SMILES string of the molecule is CC(C)c1ccc2c(cnn2PI)c1Cl. The van der Waals surface area contributed by atoms with E-state index in [2.05, 4.69) is 53.1 Å². The van der Waals surface area contributed by atoms with Gasteiger partial charge in [0.1, 0.15) is 0 Å². The van der Waals surface area contributed by atoms with Gasteiger partial charge in [-0.1, -0.05) is 31.5 Å². The molecular formula is C10H11ClIN2P. The highest BCUT2D eigenvalue weighted by molar-refractivity contribution is 14.2. The van der Waals surface area contributed by atoms with E-state index in [1.807, 2.05) is 10.6 Å². The summed E-state index contributed by atoms with van der Waals surface area (Å²) < 4.78 is 1.98. The van der Waals surface area contributed by atoms with Gasteiger partial charge < -0.3 is 0 Å². The van der Waals surface area contributed by atoms with Crippen LogP contribution in [0, 0.1) is 0 Å². The quantitative estimate of drug-likeness (QED) is 0.570. The average Bonchev–Trinajstić information content (AvgIpc) is 2.61. The Morgan fingerprint density at radius 3 is 2.80 bits per heavy atom. The molecule has 0 N–H and O–H groups in total. The van der Waals surface area contributed by atoms with Crippen molar-refractivity contribution in [2.24, 2.45) is 0 Å². The van der Waals surface area contributed by atoms with Crippen molar-refractivity contribution in [1.29, 1.82) is 0 Å². The van der Waals surface area contributed by atoms with Gasteiger partial charge in [0.15, 0.2) is 0 Å². The molecule has 0 aliphatic carbocycles. The van der Waals surface area contributed by atoms with Crippen molar-refractivity contribution in [3.05, 3.63) is 28.9 Å². The maximum Gasteiger partial charge on any atom is 0.0744 e. The summed E-state index contributed by atoms with van der Waals surface area (Å²) in [6, 6.07) is 4.21. The summed E-state index contributed by atoms with van der Waals surface area (Å²) in [6.07, 6.45) is 2.47. The van der Waals surface area contributed by atoms with Crippen molar-refractivity contribution in [3.8, 4) is 0 Å². The lowest BCUT2D eigenvalue weighted by molar-refractivity contribution is 0.869. The Balaban J connectivity index is 2.70. The van der Waals surface area contributed by atoms with Crippen LogP contribution in [-0.4, -0.2) is 9.55 Å². The first-order valence-corrected chi connectivity index (χ1v) is 9.12. The average molecular weight is 353 g/mol. The van der Waals surface area contributed by atoms with Crippen LogP contribution in [0.15, 0.2) is 18.3 Å². The highest BCUT2D eigenvalue weighted by Gasteiger charge is 2.11. The van der Waals surface area contributed by atoms with E-state index in [9.17, 15) is 0 Å². The summed E-state index contributed by atoms with van der Waals surface area (Å²) in [4.78, 5) is 0. The fraction of sp³-hybridized carbons (Fsp3) is 0.300. The van der Waals surface area contributed by atoms with Crippen molar-refractivity contribution in [2.75, 3.05) is 0 Å². The zero-order chi connectivity index (χ0) is 11.0. The number of fused-ring (bicyclic) bond motifs is 1. The summed E-state index contributed by atoms with van der Waals surface area (Å²) in [5, 5.41) is 6.22. The summed E-state index contributed by atoms with van der Waals surface area (Å²) in [7, 11) is 0. The van der Waals surface area contributed by atoms with Crippen molar-refractivity contribution in [2.45, 2.75) is 19.8 Å². The third-order valence-electron chi connectivity index (χ3n) is 2.42. The van der Waals surface area contributed by atoms with Crippen molar-refractivity contribution < 1.29 is 0 Å². The number of hydrogen-bond donors (Lipinski definition) is 0. The summed E-state index contributed by atoms with van der Waals surface area (Å²) in [5.74, 6) is 0.451. The largest absolute Gasteiger partial charge is 0.237 e. The first-order chi connectivity index (χ1) is 7.15. The molecule has 0 spiro atoms. The molecule has 1 aromatic heterocycles. The molecule has 0 aliphatic rings. The molecule has 80 valence electrons. The van der Waals surface area contributed by atoms with Crippen LogP contribution in [0.25, 0.3) is 10.9 Å². The van der Waals surface area contributed by atoms with Crippen LogP contribution in [0.2, 0.25) is 5.02 Å². The molecule has 0 amide bonds. The molecule has 1 heterocycles. The van der Waals surface area contributed by atoms with Crippen LogP contribution >= 0.6 is 40.0 Å². The minimum Gasteiger partial charge on any atom is -0.237 e. The lowest BCUT2D eigenvalue weighted by atomic mass is 10.0. The predicted molar refractivity (Wildman–Crippen MR) is 76.6 cm³/mol. The van der Waals surface area contributed by atoms with E-state index in [0.29, 0.717) is 12.3 Å². The first kappa shape index (κ1) is 11.6. The number of rotatable bonds is 2. The molecule has 2 nitrogen and oxygen atoms in total. The molecule has 2 rings (SSSR count). The number of aromatic nitrogens is 2. The lowest BCUT2D eigenvalue weighted by Crippen LogP contribution is -1.89. The second-order valence-corrected chi connectivity index (χ2v) is 6.12. The van der Waals surface area contributed by atoms with Crippen LogP contribution in [0.5, 0.6) is 0 Å². The van der Waals surface area contributed by atoms with Crippen LogP contribution < -0.4 is 0 Å². The van der Waals surface area contributed by atoms with E-state index in [1.54, 1.807) is 0 Å². The van der Waals surface area contributed by atoms with E-state index < -0.39 is 0 Å². The molecule has 0 aliphatic heterocycles. The Labute approximate surface area is 109 Å².